The molecule has 0 radical (unpaired) electrons. The van der Waals surface area contributed by atoms with Gasteiger partial charge in [-0.25, -0.2) is 0 Å². The van der Waals surface area contributed by atoms with Crippen LogP contribution in [-0.4, -0.2) is 68.5 Å². The predicted molar refractivity (Wildman–Crippen MR) is 306 cm³/mol. The number of unbranched alkanes of at least 4 members (excludes halogenated alkanes) is 14. The minimum absolute atomic E-state index is 0.00197. The van der Waals surface area contributed by atoms with Gasteiger partial charge in [0, 0.05) is 6.42 Å². The fraction of sp³-hybridized carbons (Fsp3) is 0.629. The Morgan fingerprint density at radius 3 is 1.24 bits per heavy atom. The van der Waals surface area contributed by atoms with E-state index in [0.29, 0.717) is 23.9 Å². The smallest absolute Gasteiger partial charge is 0.268 e. The minimum atomic E-state index is -4.59. The van der Waals surface area contributed by atoms with Crippen molar-refractivity contribution in [3.63, 3.8) is 0 Å². The summed E-state index contributed by atoms with van der Waals surface area (Å²) < 4.78 is 23.3. The third kappa shape index (κ3) is 54.3. The maximum absolute atomic E-state index is 12.9. The Balaban J connectivity index is 4.22. The van der Waals surface area contributed by atoms with Crippen molar-refractivity contribution in [1.29, 1.82) is 0 Å². The second-order valence-electron chi connectivity index (χ2n) is 19.6. The number of aliphatic hydroxyl groups is 1. The Kier molecular flexibility index (Phi) is 49.1. The third-order valence-electron chi connectivity index (χ3n) is 11.7. The molecule has 9 heteroatoms. The first kappa shape index (κ1) is 67.6. The van der Waals surface area contributed by atoms with E-state index in [1.54, 1.807) is 0 Å². The van der Waals surface area contributed by atoms with Gasteiger partial charge < -0.3 is 28.8 Å². The molecule has 0 aromatic rings. The molecule has 0 aliphatic heterocycles. The summed E-state index contributed by atoms with van der Waals surface area (Å²) in [5.74, 6) is -0.203. The lowest BCUT2D eigenvalue weighted by molar-refractivity contribution is -0.870. The number of rotatable bonds is 49. The molecule has 0 aliphatic rings. The van der Waals surface area contributed by atoms with E-state index in [-0.39, 0.29) is 19.1 Å². The Morgan fingerprint density at radius 1 is 0.507 bits per heavy atom. The number of amides is 1. The summed E-state index contributed by atoms with van der Waals surface area (Å²) in [5.41, 5.74) is 0. The van der Waals surface area contributed by atoms with Crippen molar-refractivity contribution in [2.75, 3.05) is 40.9 Å². The van der Waals surface area contributed by atoms with Crippen LogP contribution in [0.2, 0.25) is 0 Å². The van der Waals surface area contributed by atoms with Crippen molar-refractivity contribution >= 4 is 13.7 Å². The number of aliphatic hydroxyl groups excluding tert-OH is 1. The van der Waals surface area contributed by atoms with Crippen LogP contribution in [0.25, 0.3) is 0 Å². The first-order valence-electron chi connectivity index (χ1n) is 28.0. The summed E-state index contributed by atoms with van der Waals surface area (Å²) in [6, 6.07) is -0.827. The van der Waals surface area contributed by atoms with Crippen LogP contribution in [0, 0.1) is 0 Å². The van der Waals surface area contributed by atoms with E-state index in [9.17, 15) is 19.4 Å². The molecule has 0 aromatic carbocycles. The van der Waals surface area contributed by atoms with E-state index in [0.717, 1.165) is 116 Å². The van der Waals surface area contributed by atoms with Gasteiger partial charge in [0.15, 0.2) is 0 Å². The second-order valence-corrected chi connectivity index (χ2v) is 21.0. The SMILES string of the molecule is CC/C=C\C/C=C\C/C=C\C/C=C\C/C=C\C/C=C\C/C=C\C/C=C\C/C=C\C/C=C\C/C=C\CCCCCC(=O)NC(COP(=O)([O-])OCC[N+](C)(C)C)C(O)CCCCCCCCCCCCCC. The summed E-state index contributed by atoms with van der Waals surface area (Å²) in [6.07, 6.45) is 77.7. The fourth-order valence-electron chi connectivity index (χ4n) is 7.28. The Bertz CT molecular complexity index is 1610. The van der Waals surface area contributed by atoms with E-state index in [4.69, 9.17) is 9.05 Å². The molecule has 3 atom stereocenters. The first-order valence-corrected chi connectivity index (χ1v) is 29.5. The number of carbonyl (C=O) groups excluding carboxylic acids is 1. The van der Waals surface area contributed by atoms with Crippen LogP contribution in [0.3, 0.4) is 0 Å². The van der Waals surface area contributed by atoms with Gasteiger partial charge in [-0.3, -0.25) is 9.36 Å². The van der Waals surface area contributed by atoms with Crippen LogP contribution in [0.4, 0.5) is 0 Å². The Hall–Kier alpha value is -3.36. The molecule has 0 saturated heterocycles. The third-order valence-corrected chi connectivity index (χ3v) is 12.6. The molecule has 1 amide bonds. The summed E-state index contributed by atoms with van der Waals surface area (Å²) in [6.45, 7) is 4.55. The number of phosphoric ester groups is 1. The molecule has 0 spiro atoms. The molecule has 0 fully saturated rings. The topological polar surface area (TPSA) is 108 Å². The van der Waals surface area contributed by atoms with E-state index in [1.165, 1.54) is 57.8 Å². The zero-order chi connectivity index (χ0) is 52.0. The number of hydrogen-bond donors (Lipinski definition) is 2. The van der Waals surface area contributed by atoms with Crippen molar-refractivity contribution in [2.24, 2.45) is 0 Å². The molecule has 8 nitrogen and oxygen atoms in total. The van der Waals surface area contributed by atoms with E-state index in [2.05, 4.69) is 153 Å². The summed E-state index contributed by atoms with van der Waals surface area (Å²) in [4.78, 5) is 25.4. The number of likely N-dealkylation sites (N-methyl/N-ethyl adjacent to an activating group) is 1. The fourth-order valence-corrected chi connectivity index (χ4v) is 8.00. The van der Waals surface area contributed by atoms with E-state index < -0.39 is 20.0 Å². The second kappa shape index (κ2) is 51.5. The molecule has 2 N–H and O–H groups in total. The number of nitrogens with zero attached hydrogens (tertiary/aromatic N) is 1. The van der Waals surface area contributed by atoms with Crippen LogP contribution >= 0.6 is 7.82 Å². The average Bonchev–Trinajstić information content (AvgIpc) is 3.33. The molecular formula is C62H105N2O6P. The van der Waals surface area contributed by atoms with E-state index in [1.807, 2.05) is 21.1 Å². The molecular weight excluding hydrogens is 900 g/mol. The highest BCUT2D eigenvalue weighted by Gasteiger charge is 2.24. The van der Waals surface area contributed by atoms with Gasteiger partial charge in [-0.05, 0) is 96.3 Å². The summed E-state index contributed by atoms with van der Waals surface area (Å²) in [5, 5.41) is 13.9. The van der Waals surface area contributed by atoms with Gasteiger partial charge in [0.1, 0.15) is 13.2 Å². The van der Waals surface area contributed by atoms with Gasteiger partial charge in [0.05, 0.1) is 39.9 Å². The molecule has 0 aromatic heterocycles. The first-order chi connectivity index (χ1) is 34.5. The van der Waals surface area contributed by atoms with Gasteiger partial charge in [-0.1, -0.05) is 231 Å². The van der Waals surface area contributed by atoms with Crippen LogP contribution < -0.4 is 10.2 Å². The molecule has 0 aliphatic carbocycles. The monoisotopic (exact) mass is 1000 g/mol. The lowest BCUT2D eigenvalue weighted by Crippen LogP contribution is -2.46. The van der Waals surface area contributed by atoms with Crippen LogP contribution in [-0.2, 0) is 18.4 Å². The lowest BCUT2D eigenvalue weighted by Gasteiger charge is -2.30. The highest BCUT2D eigenvalue weighted by Crippen LogP contribution is 2.38. The van der Waals surface area contributed by atoms with Crippen LogP contribution in [0.5, 0.6) is 0 Å². The van der Waals surface area contributed by atoms with Gasteiger partial charge in [0.2, 0.25) is 5.91 Å². The average molecular weight is 1010 g/mol. The quantitative estimate of drug-likeness (QED) is 0.0272. The number of phosphoric acid groups is 1. The predicted octanol–water partition coefficient (Wildman–Crippen LogP) is 16.5. The maximum Gasteiger partial charge on any atom is 0.268 e. The van der Waals surface area contributed by atoms with Crippen molar-refractivity contribution in [2.45, 2.75) is 212 Å². The molecule has 0 bridgehead atoms. The number of quaternary nitrogens is 1. The number of carbonyl (C=O) groups is 1. The molecule has 71 heavy (non-hydrogen) atoms. The number of nitrogens with one attached hydrogen (secondary N) is 1. The Morgan fingerprint density at radius 2 is 0.859 bits per heavy atom. The summed E-state index contributed by atoms with van der Waals surface area (Å²) in [7, 11) is 1.26. The normalized spacial score (nSPS) is 15.0. The highest BCUT2D eigenvalue weighted by molar-refractivity contribution is 7.45. The highest BCUT2D eigenvalue weighted by atomic mass is 31.2. The number of allylic oxidation sites excluding steroid dienone is 22. The van der Waals surface area contributed by atoms with Crippen LogP contribution in [0.1, 0.15) is 200 Å². The molecule has 0 heterocycles. The van der Waals surface area contributed by atoms with Crippen molar-refractivity contribution in [1.82, 2.24) is 5.32 Å². The molecule has 3 unspecified atom stereocenters. The van der Waals surface area contributed by atoms with E-state index >= 15 is 0 Å². The van der Waals surface area contributed by atoms with Crippen molar-refractivity contribution < 1.29 is 32.9 Å². The maximum atomic E-state index is 12.9. The molecule has 0 rings (SSSR count). The standard InChI is InChI=1S/C62H105N2O6P/c1-6-8-10-12-14-16-18-20-21-22-23-24-25-26-27-28-29-30-31-32-33-34-35-36-37-38-39-40-41-42-43-44-46-48-50-52-54-56-62(66)63-60(59-70-71(67,68)69-58-57-64(3,4)5)61(65)55-53-51-49-47-45-19-17-15-13-11-9-7-2/h8,10,14,16,20-21,23-24,26-27,29-30,32-33,35-36,38-39,41-42,44,46,60-61,65H,6-7,9,11-13,15,17-19,22,25,28,31,34,37,40,43,45,47-59H2,1-5H3,(H-,63,66,67,68)/b10-8-,16-14-,21-20-,24-23-,27-26-,30-29-,33-32-,36-35-,39-38-,42-41-,46-44-. The zero-order valence-corrected chi connectivity index (χ0v) is 46.8. The zero-order valence-electron chi connectivity index (χ0n) is 45.9. The Labute approximate surface area is 436 Å². The molecule has 0 saturated carbocycles. The summed E-state index contributed by atoms with van der Waals surface area (Å²) >= 11 is 0. The molecule has 404 valence electrons. The van der Waals surface area contributed by atoms with Gasteiger partial charge >= 0.3 is 0 Å². The van der Waals surface area contributed by atoms with Crippen molar-refractivity contribution in [3.8, 4) is 0 Å². The minimum Gasteiger partial charge on any atom is -0.756 e. The van der Waals surface area contributed by atoms with Gasteiger partial charge in [0.25, 0.3) is 7.82 Å². The number of hydrogen-bond acceptors (Lipinski definition) is 6. The van der Waals surface area contributed by atoms with Gasteiger partial charge in [-0.2, -0.15) is 0 Å². The van der Waals surface area contributed by atoms with Crippen molar-refractivity contribution in [3.05, 3.63) is 134 Å². The largest absolute Gasteiger partial charge is 0.756 e. The lowest BCUT2D eigenvalue weighted by atomic mass is 10.0. The van der Waals surface area contributed by atoms with Gasteiger partial charge in [-0.15, -0.1) is 0 Å². The van der Waals surface area contributed by atoms with Crippen LogP contribution in [0.15, 0.2) is 134 Å².